The predicted molar refractivity (Wildman–Crippen MR) is 192 cm³/mol. The number of nitro benzene ring substituents is 2. The minimum Gasteiger partial charge on any atom is -0.385 e. The second-order valence-electron chi connectivity index (χ2n) is 13.8. The Morgan fingerprint density at radius 2 is 1.50 bits per heavy atom. The first-order valence-electron chi connectivity index (χ1n) is 16.1. The van der Waals surface area contributed by atoms with Crippen LogP contribution in [0.4, 0.5) is 22.7 Å². The molecule has 0 unspecified atom stereocenters. The van der Waals surface area contributed by atoms with Crippen LogP contribution in [-0.2, 0) is 10.8 Å². The zero-order valence-electron chi connectivity index (χ0n) is 28.7. The maximum Gasteiger partial charge on any atom is 0.269 e. The lowest BCUT2D eigenvalue weighted by molar-refractivity contribution is -0.385. The molecule has 0 radical (unpaired) electrons. The zero-order chi connectivity index (χ0) is 34.2. The van der Waals surface area contributed by atoms with Gasteiger partial charge in [0.25, 0.3) is 11.4 Å². The first-order chi connectivity index (χ1) is 21.6. The normalized spacial score (nSPS) is 15.6. The maximum atomic E-state index is 11.6. The van der Waals surface area contributed by atoms with Crippen LogP contribution in [0.25, 0.3) is 0 Å². The Kier molecular flexibility index (Phi) is 11.9. The van der Waals surface area contributed by atoms with Crippen molar-refractivity contribution in [2.45, 2.75) is 79.1 Å². The van der Waals surface area contributed by atoms with E-state index in [4.69, 9.17) is 0 Å². The van der Waals surface area contributed by atoms with E-state index in [0.29, 0.717) is 11.8 Å². The van der Waals surface area contributed by atoms with Gasteiger partial charge in [0, 0.05) is 65.3 Å². The summed E-state index contributed by atoms with van der Waals surface area (Å²) in [5.41, 5.74) is 4.88. The largest absolute Gasteiger partial charge is 0.385 e. The maximum absolute atomic E-state index is 11.6. The van der Waals surface area contributed by atoms with E-state index in [1.165, 1.54) is 0 Å². The molecule has 2 aromatic rings. The van der Waals surface area contributed by atoms with Crippen molar-refractivity contribution in [1.29, 1.82) is 0 Å². The number of nitro groups is 2. The van der Waals surface area contributed by atoms with Crippen LogP contribution in [0.15, 0.2) is 96.8 Å². The molecule has 1 aliphatic rings. The van der Waals surface area contributed by atoms with Crippen LogP contribution in [0.1, 0.15) is 79.4 Å². The van der Waals surface area contributed by atoms with Gasteiger partial charge in [0.05, 0.1) is 9.85 Å². The van der Waals surface area contributed by atoms with E-state index in [-0.39, 0.29) is 26.6 Å². The molecule has 0 spiro atoms. The smallest absolute Gasteiger partial charge is 0.269 e. The molecule has 0 saturated carbocycles. The van der Waals surface area contributed by atoms with E-state index in [2.05, 4.69) is 64.4 Å². The highest BCUT2D eigenvalue weighted by Gasteiger charge is 2.40. The minimum absolute atomic E-state index is 0.0583. The molecule has 1 N–H and O–H groups in total. The highest BCUT2D eigenvalue weighted by Crippen LogP contribution is 2.49. The quantitative estimate of drug-likeness (QED) is 0.120. The molecule has 0 aromatic heterocycles. The Morgan fingerprint density at radius 3 is 2.13 bits per heavy atom. The highest BCUT2D eigenvalue weighted by molar-refractivity contribution is 5.72. The summed E-state index contributed by atoms with van der Waals surface area (Å²) in [5.74, 6) is 1.08. The third-order valence-electron chi connectivity index (χ3n) is 8.74. The molecule has 0 aliphatic carbocycles. The monoisotopic (exact) mass is 626 g/mol. The van der Waals surface area contributed by atoms with Crippen molar-refractivity contribution in [3.05, 3.63) is 128 Å². The van der Waals surface area contributed by atoms with Crippen molar-refractivity contribution >= 4 is 22.7 Å². The van der Waals surface area contributed by atoms with Gasteiger partial charge in [-0.1, -0.05) is 98.4 Å². The Hall–Kier alpha value is -4.46. The number of rotatable bonds is 15. The molecular weight excluding hydrogens is 576 g/mol. The van der Waals surface area contributed by atoms with Gasteiger partial charge in [0.15, 0.2) is 0 Å². The van der Waals surface area contributed by atoms with Crippen LogP contribution in [0.2, 0.25) is 0 Å². The number of anilines is 2. The summed E-state index contributed by atoms with van der Waals surface area (Å²) in [7, 11) is 0. The predicted octanol–water partition coefficient (Wildman–Crippen LogP) is 10.2. The number of benzene rings is 2. The lowest BCUT2D eigenvalue weighted by atomic mass is 9.77. The molecule has 0 atom stereocenters. The first kappa shape index (κ1) is 36.0. The fourth-order valence-corrected chi connectivity index (χ4v) is 5.61. The number of non-ortho nitro benzene ring substituents is 2. The minimum atomic E-state index is -0.547. The van der Waals surface area contributed by atoms with Gasteiger partial charge in [-0.3, -0.25) is 20.2 Å². The van der Waals surface area contributed by atoms with Crippen molar-refractivity contribution in [3.63, 3.8) is 0 Å². The van der Waals surface area contributed by atoms with Gasteiger partial charge in [0.2, 0.25) is 0 Å². The standard InChI is InChI=1S/C38H50N4O4/c1-27(2)21-23-39-34-19-17-30(41(43)44)25-32(34)37(6,7)29(5)15-13-11-10-12-14-16-36-38(8,9)33-26-31(42(45)46)18-20-35(33)40(36)24-22-28(3)4/h10-20,25-28,39H,5,21-24H2,1-4,6-9H3/b11-10+,14-12+,15-13+,36-16+. The van der Waals surface area contributed by atoms with Gasteiger partial charge in [0.1, 0.15) is 0 Å². The number of nitrogens with one attached hydrogen (secondary N) is 1. The van der Waals surface area contributed by atoms with E-state index in [1.54, 1.807) is 30.3 Å². The van der Waals surface area contributed by atoms with Crippen LogP contribution >= 0.6 is 0 Å². The van der Waals surface area contributed by atoms with Crippen LogP contribution in [-0.4, -0.2) is 22.9 Å². The Morgan fingerprint density at radius 1 is 0.913 bits per heavy atom. The molecule has 3 rings (SSSR count). The van der Waals surface area contributed by atoms with Gasteiger partial charge < -0.3 is 10.2 Å². The average molecular weight is 627 g/mol. The van der Waals surface area contributed by atoms with Crippen molar-refractivity contribution in [1.82, 2.24) is 0 Å². The number of nitrogens with zero attached hydrogens (tertiary/aromatic N) is 3. The van der Waals surface area contributed by atoms with Gasteiger partial charge in [-0.15, -0.1) is 0 Å². The molecule has 8 heteroatoms. The van der Waals surface area contributed by atoms with Crippen molar-refractivity contribution in [2.75, 3.05) is 23.3 Å². The van der Waals surface area contributed by atoms with Gasteiger partial charge >= 0.3 is 0 Å². The van der Waals surface area contributed by atoms with Crippen molar-refractivity contribution in [2.24, 2.45) is 11.8 Å². The summed E-state index contributed by atoms with van der Waals surface area (Å²) in [4.78, 5) is 24.6. The fourth-order valence-electron chi connectivity index (χ4n) is 5.61. The van der Waals surface area contributed by atoms with E-state index in [0.717, 1.165) is 59.7 Å². The van der Waals surface area contributed by atoms with Crippen LogP contribution in [0.3, 0.4) is 0 Å². The molecule has 246 valence electrons. The fraction of sp³-hybridized carbons (Fsp3) is 0.421. The molecule has 0 saturated heterocycles. The SMILES string of the molecule is C=C(/C=C/C=C/C=C/C=C1/N(CCC(C)C)c2ccc([N+](=O)[O-])cc2C1(C)C)C(C)(C)c1cc([N+](=O)[O-])ccc1NCCC(C)C. The molecule has 1 aliphatic heterocycles. The average Bonchev–Trinajstić information content (AvgIpc) is 3.19. The molecule has 0 bridgehead atoms. The molecule has 0 amide bonds. The molecule has 2 aromatic carbocycles. The number of hydrogen-bond acceptors (Lipinski definition) is 6. The summed E-state index contributed by atoms with van der Waals surface area (Å²) in [5, 5.41) is 26.5. The second kappa shape index (κ2) is 15.2. The molecular formula is C38H50N4O4. The zero-order valence-corrected chi connectivity index (χ0v) is 28.7. The third-order valence-corrected chi connectivity index (χ3v) is 8.74. The number of allylic oxidation sites excluding steroid dienone is 9. The van der Waals surface area contributed by atoms with E-state index < -0.39 is 5.41 Å². The number of fused-ring (bicyclic) bond motifs is 1. The first-order valence-corrected chi connectivity index (χ1v) is 16.1. The Bertz CT molecular complexity index is 1560. The van der Waals surface area contributed by atoms with Crippen LogP contribution in [0, 0.1) is 32.1 Å². The van der Waals surface area contributed by atoms with Crippen molar-refractivity contribution in [3.8, 4) is 0 Å². The topological polar surface area (TPSA) is 102 Å². The Labute approximate surface area is 274 Å². The van der Waals surface area contributed by atoms with Crippen LogP contribution in [0.5, 0.6) is 0 Å². The van der Waals surface area contributed by atoms with E-state index in [9.17, 15) is 20.2 Å². The Balaban J connectivity index is 1.78. The van der Waals surface area contributed by atoms with Crippen molar-refractivity contribution < 1.29 is 9.85 Å². The molecule has 46 heavy (non-hydrogen) atoms. The van der Waals surface area contributed by atoms with Gasteiger partial charge in [-0.2, -0.15) is 0 Å². The lowest BCUT2D eigenvalue weighted by Gasteiger charge is -2.29. The summed E-state index contributed by atoms with van der Waals surface area (Å²) in [6.45, 7) is 22.9. The molecule has 1 heterocycles. The molecule has 8 nitrogen and oxygen atoms in total. The van der Waals surface area contributed by atoms with E-state index in [1.807, 2.05) is 56.4 Å². The van der Waals surface area contributed by atoms with Gasteiger partial charge in [-0.05, 0) is 59.6 Å². The van der Waals surface area contributed by atoms with E-state index >= 15 is 0 Å². The summed E-state index contributed by atoms with van der Waals surface area (Å²) >= 11 is 0. The van der Waals surface area contributed by atoms with Crippen LogP contribution < -0.4 is 10.2 Å². The summed E-state index contributed by atoms with van der Waals surface area (Å²) < 4.78 is 0. The molecule has 0 fully saturated rings. The summed E-state index contributed by atoms with van der Waals surface area (Å²) in [6, 6.07) is 10.1. The second-order valence-corrected chi connectivity index (χ2v) is 13.8. The van der Waals surface area contributed by atoms with Gasteiger partial charge in [-0.25, -0.2) is 0 Å². The number of hydrogen-bond donors (Lipinski definition) is 1. The summed E-state index contributed by atoms with van der Waals surface area (Å²) in [6.07, 6.45) is 15.8. The lowest BCUT2D eigenvalue weighted by Crippen LogP contribution is -2.27. The highest BCUT2D eigenvalue weighted by atomic mass is 16.6. The third kappa shape index (κ3) is 8.62.